The predicted octanol–water partition coefficient (Wildman–Crippen LogP) is 3.23. The van der Waals surface area contributed by atoms with E-state index in [0.717, 1.165) is 29.0 Å². The van der Waals surface area contributed by atoms with Crippen molar-refractivity contribution in [3.05, 3.63) is 83.9 Å². The highest BCUT2D eigenvalue weighted by atomic mass is 16.5. The predicted molar refractivity (Wildman–Crippen MR) is 86.4 cm³/mol. The van der Waals surface area contributed by atoms with Crippen LogP contribution in [0, 0.1) is 0 Å². The molecule has 3 N–H and O–H groups in total. The summed E-state index contributed by atoms with van der Waals surface area (Å²) in [6.07, 6.45) is 4.19. The van der Waals surface area contributed by atoms with Gasteiger partial charge in [-0.15, -0.1) is 0 Å². The minimum atomic E-state index is -0.0827. The van der Waals surface area contributed by atoms with Gasteiger partial charge in [0.1, 0.15) is 12.4 Å². The fraction of sp³-hybridized carbons (Fsp3) is 0.167. The van der Waals surface area contributed by atoms with Gasteiger partial charge in [0.05, 0.1) is 6.33 Å². The Balaban J connectivity index is 1.64. The number of aromatic amines is 1. The van der Waals surface area contributed by atoms with Crippen LogP contribution in [-0.4, -0.2) is 9.97 Å². The second-order valence-corrected chi connectivity index (χ2v) is 5.23. The zero-order valence-corrected chi connectivity index (χ0v) is 12.3. The Kier molecular flexibility index (Phi) is 4.51. The van der Waals surface area contributed by atoms with Crippen molar-refractivity contribution in [3.8, 4) is 5.75 Å². The summed E-state index contributed by atoms with van der Waals surface area (Å²) in [5, 5.41) is 0. The summed E-state index contributed by atoms with van der Waals surface area (Å²) < 4.78 is 5.84. The summed E-state index contributed by atoms with van der Waals surface area (Å²) in [5.74, 6) is 0.835. The van der Waals surface area contributed by atoms with E-state index in [4.69, 9.17) is 10.5 Å². The number of nitrogens with zero attached hydrogens (tertiary/aromatic N) is 1. The molecule has 1 heterocycles. The van der Waals surface area contributed by atoms with Gasteiger partial charge < -0.3 is 15.5 Å². The first-order valence-electron chi connectivity index (χ1n) is 7.31. The van der Waals surface area contributed by atoms with E-state index in [0.29, 0.717) is 6.61 Å². The summed E-state index contributed by atoms with van der Waals surface area (Å²) in [5.41, 5.74) is 9.49. The second-order valence-electron chi connectivity index (χ2n) is 5.23. The molecule has 0 amide bonds. The third-order valence-electron chi connectivity index (χ3n) is 3.53. The highest BCUT2D eigenvalue weighted by Gasteiger charge is 2.09. The highest BCUT2D eigenvalue weighted by Crippen LogP contribution is 2.21. The number of nitrogens with two attached hydrogens (primary N) is 1. The van der Waals surface area contributed by atoms with Gasteiger partial charge in [0.15, 0.2) is 0 Å². The van der Waals surface area contributed by atoms with E-state index >= 15 is 0 Å². The maximum absolute atomic E-state index is 6.26. The van der Waals surface area contributed by atoms with Gasteiger partial charge >= 0.3 is 0 Å². The molecular formula is C18H19N3O. The number of aromatic nitrogens is 2. The van der Waals surface area contributed by atoms with E-state index < -0.39 is 0 Å². The van der Waals surface area contributed by atoms with Crippen molar-refractivity contribution in [3.63, 3.8) is 0 Å². The fourth-order valence-electron chi connectivity index (χ4n) is 2.33. The van der Waals surface area contributed by atoms with Crippen LogP contribution in [-0.2, 0) is 13.0 Å². The summed E-state index contributed by atoms with van der Waals surface area (Å²) in [6.45, 7) is 0.556. The average Bonchev–Trinajstić information content (AvgIpc) is 3.07. The smallest absolute Gasteiger partial charge is 0.120 e. The summed E-state index contributed by atoms with van der Waals surface area (Å²) in [4.78, 5) is 7.09. The van der Waals surface area contributed by atoms with Crippen LogP contribution in [0.1, 0.15) is 22.9 Å². The van der Waals surface area contributed by atoms with Gasteiger partial charge in [-0.3, -0.25) is 0 Å². The molecule has 22 heavy (non-hydrogen) atoms. The van der Waals surface area contributed by atoms with E-state index in [1.165, 1.54) is 0 Å². The molecule has 4 heteroatoms. The van der Waals surface area contributed by atoms with Gasteiger partial charge in [0.2, 0.25) is 0 Å². The Morgan fingerprint density at radius 3 is 2.73 bits per heavy atom. The van der Waals surface area contributed by atoms with Gasteiger partial charge in [0, 0.05) is 24.4 Å². The van der Waals surface area contributed by atoms with Crippen LogP contribution >= 0.6 is 0 Å². The Morgan fingerprint density at radius 2 is 1.95 bits per heavy atom. The standard InChI is InChI=1S/C18H19N3O/c19-18(10-16-11-20-13-21-16)15-7-4-8-17(9-15)22-12-14-5-2-1-3-6-14/h1-9,11,13,18H,10,12,19H2,(H,20,21). The molecule has 4 nitrogen and oxygen atoms in total. The van der Waals surface area contributed by atoms with Gasteiger partial charge in [0.25, 0.3) is 0 Å². The van der Waals surface area contributed by atoms with Crippen LogP contribution in [0.3, 0.4) is 0 Å². The molecule has 112 valence electrons. The van der Waals surface area contributed by atoms with E-state index in [-0.39, 0.29) is 6.04 Å². The summed E-state index contributed by atoms with van der Waals surface area (Å²) in [7, 11) is 0. The first-order valence-corrected chi connectivity index (χ1v) is 7.31. The van der Waals surface area contributed by atoms with Gasteiger partial charge in [-0.25, -0.2) is 4.98 Å². The molecule has 0 spiro atoms. The maximum Gasteiger partial charge on any atom is 0.120 e. The first kappa shape index (κ1) is 14.4. The third-order valence-corrected chi connectivity index (χ3v) is 3.53. The minimum absolute atomic E-state index is 0.0827. The van der Waals surface area contributed by atoms with Gasteiger partial charge in [-0.2, -0.15) is 0 Å². The lowest BCUT2D eigenvalue weighted by molar-refractivity contribution is 0.305. The molecule has 0 radical (unpaired) electrons. The molecule has 0 bridgehead atoms. The monoisotopic (exact) mass is 293 g/mol. The number of imidazole rings is 1. The number of hydrogen-bond donors (Lipinski definition) is 2. The van der Waals surface area contributed by atoms with Crippen molar-refractivity contribution in [1.82, 2.24) is 9.97 Å². The molecular weight excluding hydrogens is 274 g/mol. The molecule has 0 saturated heterocycles. The number of benzene rings is 2. The van der Waals surface area contributed by atoms with E-state index in [9.17, 15) is 0 Å². The molecule has 1 atom stereocenters. The highest BCUT2D eigenvalue weighted by molar-refractivity contribution is 5.31. The first-order chi connectivity index (χ1) is 10.8. The number of nitrogens with one attached hydrogen (secondary N) is 1. The lowest BCUT2D eigenvalue weighted by atomic mass is 10.0. The molecule has 3 rings (SSSR count). The molecule has 2 aromatic carbocycles. The van der Waals surface area contributed by atoms with E-state index in [2.05, 4.69) is 9.97 Å². The molecule has 0 fully saturated rings. The lowest BCUT2D eigenvalue weighted by Crippen LogP contribution is -2.13. The zero-order valence-electron chi connectivity index (χ0n) is 12.3. The Morgan fingerprint density at radius 1 is 1.09 bits per heavy atom. The van der Waals surface area contributed by atoms with Crippen LogP contribution in [0.2, 0.25) is 0 Å². The molecule has 1 aromatic heterocycles. The SMILES string of the molecule is NC(Cc1cnc[nH]1)c1cccc(OCc2ccccc2)c1. The van der Waals surface area contributed by atoms with Crippen LogP contribution in [0.5, 0.6) is 5.75 Å². The second kappa shape index (κ2) is 6.91. The number of hydrogen-bond acceptors (Lipinski definition) is 3. The van der Waals surface area contributed by atoms with Crippen LogP contribution < -0.4 is 10.5 Å². The number of ether oxygens (including phenoxy) is 1. The number of rotatable bonds is 6. The molecule has 0 aliphatic rings. The Hall–Kier alpha value is -2.59. The molecule has 0 saturated carbocycles. The lowest BCUT2D eigenvalue weighted by Gasteiger charge is -2.13. The topological polar surface area (TPSA) is 63.9 Å². The molecule has 3 aromatic rings. The summed E-state index contributed by atoms with van der Waals surface area (Å²) >= 11 is 0. The summed E-state index contributed by atoms with van der Waals surface area (Å²) in [6, 6.07) is 18.0. The number of H-pyrrole nitrogens is 1. The van der Waals surface area contributed by atoms with Crippen LogP contribution in [0.25, 0.3) is 0 Å². The Bertz CT molecular complexity index is 695. The normalized spacial score (nSPS) is 12.0. The van der Waals surface area contributed by atoms with E-state index in [1.54, 1.807) is 12.5 Å². The molecule has 1 unspecified atom stereocenters. The zero-order chi connectivity index (χ0) is 15.2. The largest absolute Gasteiger partial charge is 0.489 e. The maximum atomic E-state index is 6.26. The van der Waals surface area contributed by atoms with E-state index in [1.807, 2.05) is 54.6 Å². The van der Waals surface area contributed by atoms with Crippen molar-refractivity contribution in [2.75, 3.05) is 0 Å². The van der Waals surface area contributed by atoms with Gasteiger partial charge in [-0.05, 0) is 23.3 Å². The fourth-order valence-corrected chi connectivity index (χ4v) is 2.33. The third kappa shape index (κ3) is 3.74. The van der Waals surface area contributed by atoms with Crippen LogP contribution in [0.15, 0.2) is 67.1 Å². The minimum Gasteiger partial charge on any atom is -0.489 e. The molecule has 0 aliphatic carbocycles. The van der Waals surface area contributed by atoms with Crippen molar-refractivity contribution < 1.29 is 4.74 Å². The van der Waals surface area contributed by atoms with Crippen molar-refractivity contribution in [1.29, 1.82) is 0 Å². The Labute approximate surface area is 130 Å². The van der Waals surface area contributed by atoms with Crippen LogP contribution in [0.4, 0.5) is 0 Å². The molecule has 0 aliphatic heterocycles. The van der Waals surface area contributed by atoms with Crippen molar-refractivity contribution >= 4 is 0 Å². The van der Waals surface area contributed by atoms with Crippen molar-refractivity contribution in [2.24, 2.45) is 5.73 Å². The van der Waals surface area contributed by atoms with Gasteiger partial charge in [-0.1, -0.05) is 42.5 Å². The van der Waals surface area contributed by atoms with Crippen molar-refractivity contribution in [2.45, 2.75) is 19.1 Å². The average molecular weight is 293 g/mol. The quantitative estimate of drug-likeness (QED) is 0.733.